The normalized spacial score (nSPS) is 29.8. The summed E-state index contributed by atoms with van der Waals surface area (Å²) in [6, 6.07) is 0.643. The smallest absolute Gasteiger partial charge is 0.374 e. The molecule has 1 rings (SSSR count). The predicted octanol–water partition coefficient (Wildman–Crippen LogP) is 2.06. The fraction of sp³-hybridized carbons (Fsp3) is 1.00. The number of quaternary nitrogens is 1. The summed E-state index contributed by atoms with van der Waals surface area (Å²) in [6.07, 6.45) is 3.42. The summed E-state index contributed by atoms with van der Waals surface area (Å²) < 4.78 is 17.8. The SMILES string of the molecule is CO[Si](C[N+]1(C)CCCC1C(C)(C)C)(OC)OC. The minimum absolute atomic E-state index is 0.306. The number of nitrogens with zero attached hydrogens (tertiary/aromatic N) is 1. The number of hydrogen-bond acceptors (Lipinski definition) is 3. The van der Waals surface area contributed by atoms with Crippen LogP contribution in [-0.2, 0) is 13.3 Å². The molecule has 0 aromatic carbocycles. The van der Waals surface area contributed by atoms with Crippen LogP contribution < -0.4 is 0 Å². The van der Waals surface area contributed by atoms with Crippen LogP contribution >= 0.6 is 0 Å². The molecule has 0 amide bonds. The van der Waals surface area contributed by atoms with Gasteiger partial charge in [-0.3, -0.25) is 0 Å². The molecule has 1 aliphatic heterocycles. The van der Waals surface area contributed by atoms with Crippen LogP contribution in [0.4, 0.5) is 0 Å². The maximum atomic E-state index is 5.60. The van der Waals surface area contributed by atoms with Gasteiger partial charge in [0.05, 0.1) is 19.6 Å². The molecular formula is C13H30NO3Si+. The highest BCUT2D eigenvalue weighted by atomic mass is 28.4. The van der Waals surface area contributed by atoms with Gasteiger partial charge in [0.25, 0.3) is 0 Å². The van der Waals surface area contributed by atoms with Gasteiger partial charge in [0.15, 0.2) is 0 Å². The molecule has 0 aromatic heterocycles. The molecule has 1 heterocycles. The fourth-order valence-electron chi connectivity index (χ4n) is 3.56. The van der Waals surface area contributed by atoms with Gasteiger partial charge in [0.1, 0.15) is 6.17 Å². The molecule has 5 heteroatoms. The van der Waals surface area contributed by atoms with Gasteiger partial charge in [0.2, 0.25) is 0 Å². The Morgan fingerprint density at radius 1 is 1.11 bits per heavy atom. The molecule has 2 atom stereocenters. The van der Waals surface area contributed by atoms with E-state index in [1.807, 2.05) is 0 Å². The Bertz CT molecular complexity index is 268. The zero-order valence-corrected chi connectivity index (χ0v) is 14.1. The highest BCUT2D eigenvalue weighted by Crippen LogP contribution is 2.38. The molecule has 0 N–H and O–H groups in total. The summed E-state index contributed by atoms with van der Waals surface area (Å²) in [5, 5.41) is 0. The van der Waals surface area contributed by atoms with Gasteiger partial charge in [-0.05, 0) is 0 Å². The van der Waals surface area contributed by atoms with Crippen LogP contribution in [0.5, 0.6) is 0 Å². The van der Waals surface area contributed by atoms with E-state index in [-0.39, 0.29) is 0 Å². The molecule has 0 saturated carbocycles. The van der Waals surface area contributed by atoms with E-state index >= 15 is 0 Å². The monoisotopic (exact) mass is 276 g/mol. The van der Waals surface area contributed by atoms with Gasteiger partial charge in [-0.2, -0.15) is 0 Å². The first-order valence-corrected chi connectivity index (χ1v) is 8.66. The van der Waals surface area contributed by atoms with Gasteiger partial charge in [0, 0.05) is 39.6 Å². The summed E-state index contributed by atoms with van der Waals surface area (Å²) in [6.45, 7) is 8.17. The van der Waals surface area contributed by atoms with Crippen LogP contribution in [-0.4, -0.2) is 60.4 Å². The van der Waals surface area contributed by atoms with E-state index < -0.39 is 8.80 Å². The molecular weight excluding hydrogens is 246 g/mol. The Hall–Kier alpha value is 0.0569. The van der Waals surface area contributed by atoms with Crippen molar-refractivity contribution < 1.29 is 17.8 Å². The standard InChI is InChI=1S/C13H30NO3Si/c1-13(2,3)12-9-8-10-14(12,4)11-18(15-5,16-6)17-7/h12H,8-11H2,1-7H3/q+1. The predicted molar refractivity (Wildman–Crippen MR) is 75.2 cm³/mol. The topological polar surface area (TPSA) is 27.7 Å². The fourth-order valence-corrected chi connectivity index (χ4v) is 5.71. The molecule has 2 unspecified atom stereocenters. The first kappa shape index (κ1) is 16.1. The van der Waals surface area contributed by atoms with Gasteiger partial charge in [-0.1, -0.05) is 20.8 Å². The molecule has 108 valence electrons. The van der Waals surface area contributed by atoms with Gasteiger partial charge < -0.3 is 17.8 Å². The lowest BCUT2D eigenvalue weighted by Crippen LogP contribution is -2.64. The zero-order chi connectivity index (χ0) is 14.0. The Balaban J connectivity index is 2.92. The van der Waals surface area contributed by atoms with E-state index in [1.165, 1.54) is 19.4 Å². The van der Waals surface area contributed by atoms with E-state index in [4.69, 9.17) is 13.3 Å². The maximum Gasteiger partial charge on any atom is 0.558 e. The minimum atomic E-state index is -2.50. The lowest BCUT2D eigenvalue weighted by molar-refractivity contribution is -0.920. The van der Waals surface area contributed by atoms with Crippen LogP contribution in [0.25, 0.3) is 0 Å². The van der Waals surface area contributed by atoms with Crippen LogP contribution in [0.1, 0.15) is 33.6 Å². The third kappa shape index (κ3) is 3.14. The van der Waals surface area contributed by atoms with E-state index in [1.54, 1.807) is 21.3 Å². The number of rotatable bonds is 5. The van der Waals surface area contributed by atoms with Gasteiger partial charge >= 0.3 is 8.80 Å². The third-order valence-electron chi connectivity index (χ3n) is 4.39. The van der Waals surface area contributed by atoms with Crippen molar-refractivity contribution in [3.63, 3.8) is 0 Å². The second kappa shape index (κ2) is 5.59. The van der Waals surface area contributed by atoms with Crippen molar-refractivity contribution in [1.82, 2.24) is 0 Å². The van der Waals surface area contributed by atoms with Crippen molar-refractivity contribution in [2.75, 3.05) is 41.1 Å². The molecule has 0 radical (unpaired) electrons. The van der Waals surface area contributed by atoms with Crippen LogP contribution in [0.15, 0.2) is 0 Å². The van der Waals surface area contributed by atoms with Crippen molar-refractivity contribution in [3.05, 3.63) is 0 Å². The summed E-state index contributed by atoms with van der Waals surface area (Å²) in [5.41, 5.74) is 0.306. The molecule has 0 aromatic rings. The molecule has 1 aliphatic rings. The lowest BCUT2D eigenvalue weighted by Gasteiger charge is -2.45. The summed E-state index contributed by atoms with van der Waals surface area (Å²) in [5.74, 6) is 0. The lowest BCUT2D eigenvalue weighted by atomic mass is 9.84. The van der Waals surface area contributed by atoms with Crippen molar-refractivity contribution in [2.24, 2.45) is 5.41 Å². The second-order valence-corrected chi connectivity index (χ2v) is 9.59. The third-order valence-corrected chi connectivity index (χ3v) is 7.36. The van der Waals surface area contributed by atoms with E-state index in [2.05, 4.69) is 27.8 Å². The van der Waals surface area contributed by atoms with Gasteiger partial charge in [-0.15, -0.1) is 0 Å². The first-order valence-electron chi connectivity index (χ1n) is 6.73. The van der Waals surface area contributed by atoms with Crippen molar-refractivity contribution >= 4 is 8.80 Å². The Labute approximate surface area is 113 Å². The Morgan fingerprint density at radius 3 is 2.00 bits per heavy atom. The highest BCUT2D eigenvalue weighted by molar-refractivity contribution is 6.60. The quantitative estimate of drug-likeness (QED) is 0.568. The Kier molecular flexibility index (Phi) is 5.00. The van der Waals surface area contributed by atoms with Crippen LogP contribution in [0.3, 0.4) is 0 Å². The van der Waals surface area contributed by atoms with Crippen molar-refractivity contribution in [3.8, 4) is 0 Å². The molecule has 0 spiro atoms. The number of likely N-dealkylation sites (tertiary alicyclic amines) is 1. The van der Waals surface area contributed by atoms with Crippen LogP contribution in [0.2, 0.25) is 0 Å². The molecule has 4 nitrogen and oxygen atoms in total. The van der Waals surface area contributed by atoms with Crippen molar-refractivity contribution in [1.29, 1.82) is 0 Å². The molecule has 1 fully saturated rings. The van der Waals surface area contributed by atoms with Gasteiger partial charge in [-0.25, -0.2) is 0 Å². The largest absolute Gasteiger partial charge is 0.558 e. The number of hydrogen-bond donors (Lipinski definition) is 0. The van der Waals surface area contributed by atoms with Crippen molar-refractivity contribution in [2.45, 2.75) is 39.7 Å². The average Bonchev–Trinajstić information content (AvgIpc) is 2.68. The zero-order valence-electron chi connectivity index (χ0n) is 13.1. The molecule has 18 heavy (non-hydrogen) atoms. The van der Waals surface area contributed by atoms with Crippen LogP contribution in [0, 0.1) is 5.41 Å². The second-order valence-electron chi connectivity index (χ2n) is 6.68. The first-order chi connectivity index (χ1) is 8.23. The van der Waals surface area contributed by atoms with E-state index in [0.29, 0.717) is 11.5 Å². The molecule has 1 saturated heterocycles. The summed E-state index contributed by atoms with van der Waals surface area (Å²) in [7, 11) is 4.92. The summed E-state index contributed by atoms with van der Waals surface area (Å²) in [4.78, 5) is 0. The Morgan fingerprint density at radius 2 is 1.61 bits per heavy atom. The average molecular weight is 276 g/mol. The minimum Gasteiger partial charge on any atom is -0.374 e. The molecule has 0 aliphatic carbocycles. The van der Waals surface area contributed by atoms with E-state index in [9.17, 15) is 0 Å². The van der Waals surface area contributed by atoms with E-state index in [0.717, 1.165) is 10.7 Å². The highest BCUT2D eigenvalue weighted by Gasteiger charge is 2.54. The maximum absolute atomic E-state index is 5.60. The molecule has 0 bridgehead atoms. The summed E-state index contributed by atoms with van der Waals surface area (Å²) >= 11 is 0.